The Kier molecular flexibility index (Phi) is 5.39. The number of rotatable bonds is 3. The highest BCUT2D eigenvalue weighted by Gasteiger charge is 2.31. The molecular weight excluding hydrogens is 282 g/mol. The van der Waals surface area contributed by atoms with E-state index in [0.29, 0.717) is 13.0 Å². The van der Waals surface area contributed by atoms with Gasteiger partial charge in [-0.15, -0.1) is 0 Å². The highest BCUT2D eigenvalue weighted by Crippen LogP contribution is 2.16. The van der Waals surface area contributed by atoms with Crippen molar-refractivity contribution in [2.45, 2.75) is 45.3 Å². The third-order valence-electron chi connectivity index (χ3n) is 2.89. The monoisotopic (exact) mass is 307 g/mol. The maximum atomic E-state index is 12.1. The standard InChI is InChI=1S/C12H25N3O4S/c1-12(2,3)19-11(16)13-10-7-6-8-15(9-10)20(17,18)14(4)5/h10H,6-9H2,1-5H3,(H,13,16)/t10-/m0/s1. The number of piperidine rings is 1. The predicted octanol–water partition coefficient (Wildman–Crippen LogP) is 0.782. The maximum Gasteiger partial charge on any atom is 0.407 e. The maximum absolute atomic E-state index is 12.1. The van der Waals surface area contributed by atoms with Crippen molar-refractivity contribution < 1.29 is 17.9 Å². The van der Waals surface area contributed by atoms with Crippen molar-refractivity contribution >= 4 is 16.3 Å². The summed E-state index contributed by atoms with van der Waals surface area (Å²) in [4.78, 5) is 11.7. The molecule has 1 atom stereocenters. The molecule has 0 aromatic carbocycles. The van der Waals surface area contributed by atoms with E-state index in [1.165, 1.54) is 22.7 Å². The highest BCUT2D eigenvalue weighted by molar-refractivity contribution is 7.86. The summed E-state index contributed by atoms with van der Waals surface area (Å²) >= 11 is 0. The zero-order valence-electron chi connectivity index (χ0n) is 12.8. The molecule has 1 aliphatic heterocycles. The molecule has 0 aromatic heterocycles. The minimum atomic E-state index is -3.43. The van der Waals surface area contributed by atoms with Gasteiger partial charge in [-0.2, -0.15) is 17.0 Å². The summed E-state index contributed by atoms with van der Waals surface area (Å²) in [6, 6.07) is -0.215. The lowest BCUT2D eigenvalue weighted by atomic mass is 10.1. The Labute approximate surface area is 121 Å². The van der Waals surface area contributed by atoms with Crippen molar-refractivity contribution in [1.82, 2.24) is 13.9 Å². The second-order valence-electron chi connectivity index (χ2n) is 6.13. The third-order valence-corrected chi connectivity index (χ3v) is 4.80. The average molecular weight is 307 g/mol. The topological polar surface area (TPSA) is 79.0 Å². The largest absolute Gasteiger partial charge is 0.444 e. The Bertz CT molecular complexity index is 442. The first kappa shape index (κ1) is 17.2. The van der Waals surface area contributed by atoms with Crippen molar-refractivity contribution in [3.8, 4) is 0 Å². The van der Waals surface area contributed by atoms with E-state index >= 15 is 0 Å². The lowest BCUT2D eigenvalue weighted by molar-refractivity contribution is 0.0486. The van der Waals surface area contributed by atoms with Gasteiger partial charge in [0.25, 0.3) is 10.2 Å². The van der Waals surface area contributed by atoms with Crippen molar-refractivity contribution in [2.75, 3.05) is 27.2 Å². The Hall–Kier alpha value is -0.860. The van der Waals surface area contributed by atoms with E-state index in [9.17, 15) is 13.2 Å². The summed E-state index contributed by atoms with van der Waals surface area (Å²) in [6.45, 7) is 6.12. The lowest BCUT2D eigenvalue weighted by Gasteiger charge is -2.34. The minimum Gasteiger partial charge on any atom is -0.444 e. The van der Waals surface area contributed by atoms with Gasteiger partial charge in [0.05, 0.1) is 0 Å². The summed E-state index contributed by atoms with van der Waals surface area (Å²) in [5, 5.41) is 2.73. The van der Waals surface area contributed by atoms with E-state index in [0.717, 1.165) is 6.42 Å². The van der Waals surface area contributed by atoms with Crippen LogP contribution in [0, 0.1) is 0 Å². The molecule has 0 saturated carbocycles. The fraction of sp³-hybridized carbons (Fsp3) is 0.917. The van der Waals surface area contributed by atoms with Gasteiger partial charge in [-0.1, -0.05) is 0 Å². The molecule has 0 radical (unpaired) electrons. The van der Waals surface area contributed by atoms with E-state index in [1.54, 1.807) is 20.8 Å². The number of nitrogens with one attached hydrogen (secondary N) is 1. The first-order valence-corrected chi connectivity index (χ1v) is 8.09. The molecule has 1 N–H and O–H groups in total. The number of ether oxygens (including phenoxy) is 1. The second-order valence-corrected chi connectivity index (χ2v) is 8.28. The molecule has 1 heterocycles. The molecular formula is C12H25N3O4S. The van der Waals surface area contributed by atoms with Crippen LogP contribution in [0.25, 0.3) is 0 Å². The Balaban J connectivity index is 2.60. The van der Waals surface area contributed by atoms with Gasteiger partial charge in [0.2, 0.25) is 0 Å². The van der Waals surface area contributed by atoms with Gasteiger partial charge in [-0.25, -0.2) is 4.79 Å². The molecule has 1 rings (SSSR count). The van der Waals surface area contributed by atoms with Crippen molar-refractivity contribution in [3.05, 3.63) is 0 Å². The fourth-order valence-corrected chi connectivity index (χ4v) is 3.16. The molecule has 0 aliphatic carbocycles. The van der Waals surface area contributed by atoms with Gasteiger partial charge in [0.15, 0.2) is 0 Å². The summed E-state index contributed by atoms with van der Waals surface area (Å²) in [7, 11) is -0.429. The molecule has 8 heteroatoms. The molecule has 118 valence electrons. The van der Waals surface area contributed by atoms with Gasteiger partial charge >= 0.3 is 6.09 Å². The Morgan fingerprint density at radius 1 is 1.35 bits per heavy atom. The first-order valence-electron chi connectivity index (χ1n) is 6.69. The van der Waals surface area contributed by atoms with Crippen LogP contribution in [-0.4, -0.2) is 61.9 Å². The molecule has 7 nitrogen and oxygen atoms in total. The first-order chi connectivity index (χ1) is 9.02. The number of alkyl carbamates (subject to hydrolysis) is 1. The van der Waals surface area contributed by atoms with Crippen LogP contribution >= 0.6 is 0 Å². The van der Waals surface area contributed by atoms with Crippen molar-refractivity contribution in [3.63, 3.8) is 0 Å². The SMILES string of the molecule is CN(C)S(=O)(=O)N1CCC[C@H](NC(=O)OC(C)(C)C)C1. The zero-order chi connectivity index (χ0) is 15.6. The molecule has 0 unspecified atom stereocenters. The average Bonchev–Trinajstić information content (AvgIpc) is 2.26. The van der Waals surface area contributed by atoms with E-state index in [4.69, 9.17) is 4.74 Å². The van der Waals surface area contributed by atoms with E-state index in [2.05, 4.69) is 5.32 Å². The number of carbonyl (C=O) groups is 1. The van der Waals surface area contributed by atoms with Crippen LogP contribution in [0.2, 0.25) is 0 Å². The number of hydrogen-bond acceptors (Lipinski definition) is 4. The summed E-state index contributed by atoms with van der Waals surface area (Å²) in [5.74, 6) is 0. The fourth-order valence-electron chi connectivity index (χ4n) is 1.97. The van der Waals surface area contributed by atoms with Gasteiger partial charge in [-0.3, -0.25) is 0 Å². The van der Waals surface area contributed by atoms with Crippen LogP contribution in [0.3, 0.4) is 0 Å². The lowest BCUT2D eigenvalue weighted by Crippen LogP contribution is -2.52. The number of nitrogens with zero attached hydrogens (tertiary/aromatic N) is 2. The van der Waals surface area contributed by atoms with Crippen molar-refractivity contribution in [1.29, 1.82) is 0 Å². The summed E-state index contributed by atoms with van der Waals surface area (Å²) < 4.78 is 31.9. The van der Waals surface area contributed by atoms with E-state index in [1.807, 2.05) is 0 Å². The van der Waals surface area contributed by atoms with Crippen LogP contribution in [0.5, 0.6) is 0 Å². The highest BCUT2D eigenvalue weighted by atomic mass is 32.2. The minimum absolute atomic E-state index is 0.215. The number of hydrogen-bond donors (Lipinski definition) is 1. The summed E-state index contributed by atoms with van der Waals surface area (Å²) in [5.41, 5.74) is -0.561. The second kappa shape index (κ2) is 6.28. The Morgan fingerprint density at radius 2 is 1.95 bits per heavy atom. The van der Waals surface area contributed by atoms with Crippen LogP contribution in [0.1, 0.15) is 33.6 Å². The number of carbonyl (C=O) groups excluding carboxylic acids is 1. The van der Waals surface area contributed by atoms with Gasteiger partial charge in [0, 0.05) is 33.2 Å². The Morgan fingerprint density at radius 3 is 2.45 bits per heavy atom. The summed E-state index contributed by atoms with van der Waals surface area (Å²) in [6.07, 6.45) is 0.957. The van der Waals surface area contributed by atoms with Crippen molar-refractivity contribution in [2.24, 2.45) is 0 Å². The van der Waals surface area contributed by atoms with Crippen LogP contribution in [-0.2, 0) is 14.9 Å². The number of amides is 1. The molecule has 0 aromatic rings. The van der Waals surface area contributed by atoms with Gasteiger partial charge < -0.3 is 10.1 Å². The van der Waals surface area contributed by atoms with Crippen LogP contribution in [0.4, 0.5) is 4.79 Å². The third kappa shape index (κ3) is 4.92. The van der Waals surface area contributed by atoms with E-state index in [-0.39, 0.29) is 12.6 Å². The van der Waals surface area contributed by atoms with E-state index < -0.39 is 21.9 Å². The quantitative estimate of drug-likeness (QED) is 0.836. The molecule has 1 fully saturated rings. The zero-order valence-corrected chi connectivity index (χ0v) is 13.7. The molecule has 1 saturated heterocycles. The predicted molar refractivity (Wildman–Crippen MR) is 76.6 cm³/mol. The normalized spacial score (nSPS) is 21.8. The molecule has 1 aliphatic rings. The smallest absolute Gasteiger partial charge is 0.407 e. The van der Waals surface area contributed by atoms with Crippen LogP contribution < -0.4 is 5.32 Å². The van der Waals surface area contributed by atoms with Crippen LogP contribution in [0.15, 0.2) is 0 Å². The molecule has 0 bridgehead atoms. The van der Waals surface area contributed by atoms with Gasteiger partial charge in [0.1, 0.15) is 5.60 Å². The molecule has 1 amide bonds. The molecule has 20 heavy (non-hydrogen) atoms. The van der Waals surface area contributed by atoms with Gasteiger partial charge in [-0.05, 0) is 33.6 Å². The molecule has 0 spiro atoms.